The molecule has 3 heterocycles. The van der Waals surface area contributed by atoms with Crippen molar-refractivity contribution in [3.63, 3.8) is 0 Å². The first-order valence-electron chi connectivity index (χ1n) is 7.82. The molecule has 2 aromatic heterocycles. The van der Waals surface area contributed by atoms with Gasteiger partial charge in [0.2, 0.25) is 0 Å². The summed E-state index contributed by atoms with van der Waals surface area (Å²) < 4.78 is 0. The Kier molecular flexibility index (Phi) is 3.63. The van der Waals surface area contributed by atoms with Crippen LogP contribution in [0.5, 0.6) is 0 Å². The van der Waals surface area contributed by atoms with Gasteiger partial charge in [0.05, 0.1) is 5.69 Å². The van der Waals surface area contributed by atoms with Crippen molar-refractivity contribution < 1.29 is 0 Å². The minimum atomic E-state index is 0.816. The van der Waals surface area contributed by atoms with Crippen LogP contribution in [0.15, 0.2) is 48.9 Å². The summed E-state index contributed by atoms with van der Waals surface area (Å²) in [6.07, 6.45) is 5.85. The predicted octanol–water partition coefficient (Wildman–Crippen LogP) is 3.21. The van der Waals surface area contributed by atoms with Gasteiger partial charge in [-0.15, -0.1) is 0 Å². The van der Waals surface area contributed by atoms with Crippen LogP contribution in [0, 0.1) is 0 Å². The number of aromatic nitrogens is 4. The average molecular weight is 306 g/mol. The summed E-state index contributed by atoms with van der Waals surface area (Å²) in [5, 5.41) is 10.3. The SMILES string of the molecule is c1cc(-c2ccc(Nc3cc(N4CCCC4)ncn3)cc2)[nH]n1. The maximum Gasteiger partial charge on any atom is 0.135 e. The first kappa shape index (κ1) is 13.8. The minimum absolute atomic E-state index is 0.816. The molecule has 1 fully saturated rings. The van der Waals surface area contributed by atoms with Crippen LogP contribution in [-0.4, -0.2) is 33.3 Å². The molecule has 0 saturated carbocycles. The van der Waals surface area contributed by atoms with E-state index in [1.807, 2.05) is 24.3 Å². The smallest absolute Gasteiger partial charge is 0.135 e. The van der Waals surface area contributed by atoms with Crippen LogP contribution in [0.1, 0.15) is 12.8 Å². The molecule has 6 nitrogen and oxygen atoms in total. The van der Waals surface area contributed by atoms with Gasteiger partial charge in [-0.3, -0.25) is 5.10 Å². The first-order valence-corrected chi connectivity index (χ1v) is 7.82. The fraction of sp³-hybridized carbons (Fsp3) is 0.235. The summed E-state index contributed by atoms with van der Waals surface area (Å²) in [6, 6.07) is 12.1. The number of nitrogens with zero attached hydrogens (tertiary/aromatic N) is 4. The van der Waals surface area contributed by atoms with Gasteiger partial charge in [0.15, 0.2) is 0 Å². The standard InChI is InChI=1S/C17H18N6/c1-2-10-23(9-1)17-11-16(18-12-19-17)21-14-5-3-13(4-6-14)15-7-8-20-22-15/h3-8,11-12H,1-2,9-10H2,(H,20,22)(H,18,19,21). The molecule has 116 valence electrons. The normalized spacial score (nSPS) is 14.2. The predicted molar refractivity (Wildman–Crippen MR) is 90.8 cm³/mol. The Morgan fingerprint density at radius 1 is 1.00 bits per heavy atom. The topological polar surface area (TPSA) is 69.7 Å². The molecule has 23 heavy (non-hydrogen) atoms. The van der Waals surface area contributed by atoms with Crippen molar-refractivity contribution in [3.05, 3.63) is 48.9 Å². The second-order valence-electron chi connectivity index (χ2n) is 5.63. The molecule has 1 saturated heterocycles. The van der Waals surface area contributed by atoms with Crippen LogP contribution in [0.4, 0.5) is 17.3 Å². The monoisotopic (exact) mass is 306 g/mol. The Morgan fingerprint density at radius 3 is 2.57 bits per heavy atom. The van der Waals surface area contributed by atoms with E-state index in [1.165, 1.54) is 12.8 Å². The first-order chi connectivity index (χ1) is 11.4. The molecule has 0 radical (unpaired) electrons. The molecule has 0 amide bonds. The van der Waals surface area contributed by atoms with Gasteiger partial charge in [-0.05, 0) is 36.6 Å². The van der Waals surface area contributed by atoms with Crippen molar-refractivity contribution in [2.75, 3.05) is 23.3 Å². The van der Waals surface area contributed by atoms with Crippen molar-refractivity contribution in [1.29, 1.82) is 0 Å². The molecule has 1 aromatic carbocycles. The van der Waals surface area contributed by atoms with Crippen molar-refractivity contribution in [1.82, 2.24) is 20.2 Å². The van der Waals surface area contributed by atoms with E-state index in [2.05, 4.69) is 42.5 Å². The van der Waals surface area contributed by atoms with E-state index in [0.29, 0.717) is 0 Å². The molecule has 0 bridgehead atoms. The highest BCUT2D eigenvalue weighted by molar-refractivity contribution is 5.65. The highest BCUT2D eigenvalue weighted by Crippen LogP contribution is 2.23. The zero-order chi connectivity index (χ0) is 15.5. The molecule has 0 aliphatic carbocycles. The third-order valence-corrected chi connectivity index (χ3v) is 4.05. The fourth-order valence-corrected chi connectivity index (χ4v) is 2.83. The summed E-state index contributed by atoms with van der Waals surface area (Å²) in [5.41, 5.74) is 3.11. The zero-order valence-electron chi connectivity index (χ0n) is 12.7. The number of H-pyrrole nitrogens is 1. The molecule has 3 aromatic rings. The van der Waals surface area contributed by atoms with Gasteiger partial charge in [0.25, 0.3) is 0 Å². The van der Waals surface area contributed by atoms with Crippen LogP contribution < -0.4 is 10.2 Å². The summed E-state index contributed by atoms with van der Waals surface area (Å²) >= 11 is 0. The third-order valence-electron chi connectivity index (χ3n) is 4.05. The highest BCUT2D eigenvalue weighted by Gasteiger charge is 2.14. The van der Waals surface area contributed by atoms with Crippen molar-refractivity contribution >= 4 is 17.3 Å². The second kappa shape index (κ2) is 6.08. The molecule has 0 atom stereocenters. The fourth-order valence-electron chi connectivity index (χ4n) is 2.83. The zero-order valence-corrected chi connectivity index (χ0v) is 12.7. The van der Waals surface area contributed by atoms with Crippen molar-refractivity contribution in [3.8, 4) is 11.3 Å². The van der Waals surface area contributed by atoms with Gasteiger partial charge in [0, 0.05) is 31.0 Å². The van der Waals surface area contributed by atoms with Gasteiger partial charge in [-0.2, -0.15) is 5.10 Å². The molecule has 0 spiro atoms. The Bertz CT molecular complexity index is 760. The van der Waals surface area contributed by atoms with Gasteiger partial charge >= 0.3 is 0 Å². The summed E-state index contributed by atoms with van der Waals surface area (Å²) in [7, 11) is 0. The number of nitrogens with one attached hydrogen (secondary N) is 2. The van der Waals surface area contributed by atoms with E-state index < -0.39 is 0 Å². The Labute approximate surface area is 134 Å². The lowest BCUT2D eigenvalue weighted by molar-refractivity contribution is 0.928. The largest absolute Gasteiger partial charge is 0.356 e. The lowest BCUT2D eigenvalue weighted by atomic mass is 10.1. The van der Waals surface area contributed by atoms with Gasteiger partial charge < -0.3 is 10.2 Å². The van der Waals surface area contributed by atoms with E-state index in [-0.39, 0.29) is 0 Å². The molecule has 1 aliphatic heterocycles. The van der Waals surface area contributed by atoms with E-state index in [1.54, 1.807) is 12.5 Å². The van der Waals surface area contributed by atoms with Crippen LogP contribution in [0.3, 0.4) is 0 Å². The molecule has 4 rings (SSSR count). The molecule has 0 unspecified atom stereocenters. The molecular weight excluding hydrogens is 288 g/mol. The molecule has 2 N–H and O–H groups in total. The van der Waals surface area contributed by atoms with Crippen LogP contribution in [0.2, 0.25) is 0 Å². The lowest BCUT2D eigenvalue weighted by Gasteiger charge is -2.16. The van der Waals surface area contributed by atoms with E-state index in [0.717, 1.165) is 41.7 Å². The Balaban J connectivity index is 1.50. The van der Waals surface area contributed by atoms with Gasteiger partial charge in [0.1, 0.15) is 18.0 Å². The maximum absolute atomic E-state index is 4.37. The van der Waals surface area contributed by atoms with Gasteiger partial charge in [-0.25, -0.2) is 9.97 Å². The third kappa shape index (κ3) is 3.01. The van der Waals surface area contributed by atoms with E-state index >= 15 is 0 Å². The maximum atomic E-state index is 4.37. The van der Waals surface area contributed by atoms with Crippen LogP contribution >= 0.6 is 0 Å². The minimum Gasteiger partial charge on any atom is -0.356 e. The van der Waals surface area contributed by atoms with Crippen LogP contribution in [0.25, 0.3) is 11.3 Å². The van der Waals surface area contributed by atoms with Crippen molar-refractivity contribution in [2.45, 2.75) is 12.8 Å². The van der Waals surface area contributed by atoms with Gasteiger partial charge in [-0.1, -0.05) is 12.1 Å². The Morgan fingerprint density at radius 2 is 1.83 bits per heavy atom. The molecular formula is C17H18N6. The second-order valence-corrected chi connectivity index (χ2v) is 5.63. The number of rotatable bonds is 4. The molecule has 6 heteroatoms. The molecule has 1 aliphatic rings. The number of aromatic amines is 1. The number of hydrogen-bond acceptors (Lipinski definition) is 5. The average Bonchev–Trinajstić information content (AvgIpc) is 3.30. The quantitative estimate of drug-likeness (QED) is 0.774. The Hall–Kier alpha value is -2.89. The van der Waals surface area contributed by atoms with Crippen LogP contribution in [-0.2, 0) is 0 Å². The summed E-state index contributed by atoms with van der Waals surface area (Å²) in [6.45, 7) is 2.16. The number of benzene rings is 1. The summed E-state index contributed by atoms with van der Waals surface area (Å²) in [4.78, 5) is 11.0. The van der Waals surface area contributed by atoms with E-state index in [9.17, 15) is 0 Å². The highest BCUT2D eigenvalue weighted by atomic mass is 15.2. The van der Waals surface area contributed by atoms with E-state index in [4.69, 9.17) is 0 Å². The number of anilines is 3. The number of hydrogen-bond donors (Lipinski definition) is 2. The summed E-state index contributed by atoms with van der Waals surface area (Å²) in [5.74, 6) is 1.81. The van der Waals surface area contributed by atoms with Crippen molar-refractivity contribution in [2.24, 2.45) is 0 Å². The lowest BCUT2D eigenvalue weighted by Crippen LogP contribution is -2.19.